The van der Waals surface area contributed by atoms with E-state index in [0.717, 1.165) is 41.8 Å². The van der Waals surface area contributed by atoms with Crippen molar-refractivity contribution in [3.8, 4) is 28.5 Å². The minimum absolute atomic E-state index is 0.0345. The van der Waals surface area contributed by atoms with Crippen molar-refractivity contribution in [2.24, 2.45) is 0 Å². The smallest absolute Gasteiger partial charge is 0.238 e. The first-order valence-electron chi connectivity index (χ1n) is 10.9. The maximum absolute atomic E-state index is 12.4. The molecular formula is C23H29N5O4. The summed E-state index contributed by atoms with van der Waals surface area (Å²) in [5.41, 5.74) is 2.91. The fourth-order valence-electron chi connectivity index (χ4n) is 3.96. The highest BCUT2D eigenvalue weighted by molar-refractivity contribution is 6.07. The van der Waals surface area contributed by atoms with Gasteiger partial charge in [-0.25, -0.2) is 0 Å². The Morgan fingerprint density at radius 2 is 2.03 bits per heavy atom. The monoisotopic (exact) mass is 439 g/mol. The summed E-state index contributed by atoms with van der Waals surface area (Å²) < 4.78 is 8.16. The Bertz CT molecular complexity index is 1120. The molecule has 0 bridgehead atoms. The van der Waals surface area contributed by atoms with E-state index in [1.54, 1.807) is 18.2 Å². The van der Waals surface area contributed by atoms with Crippen molar-refractivity contribution in [2.45, 2.75) is 20.4 Å². The van der Waals surface area contributed by atoms with Gasteiger partial charge in [0.15, 0.2) is 5.75 Å². The van der Waals surface area contributed by atoms with Crippen LogP contribution in [0.4, 0.5) is 5.69 Å². The molecule has 4 rings (SSSR count). The van der Waals surface area contributed by atoms with Crippen molar-refractivity contribution < 1.29 is 19.7 Å². The van der Waals surface area contributed by atoms with Crippen LogP contribution in [0.15, 0.2) is 30.3 Å². The van der Waals surface area contributed by atoms with Gasteiger partial charge in [0.25, 0.3) is 0 Å². The molecule has 0 fully saturated rings. The fraction of sp³-hybridized carbons (Fsp3) is 0.391. The maximum Gasteiger partial charge on any atom is 0.238 e. The van der Waals surface area contributed by atoms with Gasteiger partial charge in [-0.1, -0.05) is 13.8 Å². The Balaban J connectivity index is 1.74. The van der Waals surface area contributed by atoms with Crippen LogP contribution >= 0.6 is 0 Å². The van der Waals surface area contributed by atoms with E-state index >= 15 is 0 Å². The molecule has 9 heteroatoms. The second-order valence-electron chi connectivity index (χ2n) is 7.67. The number of aromatic nitrogens is 2. The number of likely N-dealkylation sites (N-methyl/N-ethyl adjacent to an activating group) is 1. The van der Waals surface area contributed by atoms with Crippen molar-refractivity contribution in [3.63, 3.8) is 0 Å². The van der Waals surface area contributed by atoms with Crippen molar-refractivity contribution in [3.05, 3.63) is 30.3 Å². The topological polar surface area (TPSA) is 112 Å². The number of carbonyl (C=O) groups excluding carboxylic acids is 1. The van der Waals surface area contributed by atoms with Gasteiger partial charge in [-0.05, 0) is 43.4 Å². The number of aliphatic hydroxyl groups excluding tert-OH is 1. The molecular weight excluding hydrogens is 410 g/mol. The van der Waals surface area contributed by atoms with Crippen LogP contribution in [0.25, 0.3) is 22.2 Å². The number of aliphatic hydroxyl groups is 1. The van der Waals surface area contributed by atoms with Crippen LogP contribution in [-0.2, 0) is 11.3 Å². The number of hydrogen-bond donors (Lipinski definition) is 4. The zero-order chi connectivity index (χ0) is 22.7. The number of nitrogens with one attached hydrogen (secondary N) is 2. The van der Waals surface area contributed by atoms with E-state index in [-0.39, 0.29) is 24.8 Å². The van der Waals surface area contributed by atoms with Crippen molar-refractivity contribution in [2.75, 3.05) is 44.6 Å². The fourth-order valence-corrected chi connectivity index (χ4v) is 3.96. The third-order valence-electron chi connectivity index (χ3n) is 5.67. The van der Waals surface area contributed by atoms with Gasteiger partial charge < -0.3 is 30.5 Å². The molecule has 0 aliphatic carbocycles. The quantitative estimate of drug-likeness (QED) is 0.281. The second-order valence-corrected chi connectivity index (χ2v) is 7.67. The molecule has 2 aromatic carbocycles. The second kappa shape index (κ2) is 9.56. The highest BCUT2D eigenvalue weighted by Gasteiger charge is 2.28. The average Bonchev–Trinajstić information content (AvgIpc) is 3.16. The van der Waals surface area contributed by atoms with Crippen LogP contribution in [0, 0.1) is 0 Å². The average molecular weight is 440 g/mol. The molecule has 170 valence electrons. The summed E-state index contributed by atoms with van der Waals surface area (Å²) in [6.45, 7) is 8.17. The first kappa shape index (κ1) is 22.1. The van der Waals surface area contributed by atoms with Crippen molar-refractivity contribution in [1.82, 2.24) is 20.0 Å². The summed E-state index contributed by atoms with van der Waals surface area (Å²) in [4.78, 5) is 14.7. The summed E-state index contributed by atoms with van der Waals surface area (Å²) >= 11 is 0. The van der Waals surface area contributed by atoms with E-state index in [4.69, 9.17) is 14.9 Å². The van der Waals surface area contributed by atoms with E-state index < -0.39 is 0 Å². The normalized spacial score (nSPS) is 12.1. The van der Waals surface area contributed by atoms with Crippen molar-refractivity contribution >= 4 is 22.5 Å². The van der Waals surface area contributed by atoms with Crippen molar-refractivity contribution in [1.29, 1.82) is 0 Å². The van der Waals surface area contributed by atoms with Gasteiger partial charge in [-0.2, -0.15) is 5.10 Å². The van der Waals surface area contributed by atoms with Crippen LogP contribution in [0.3, 0.4) is 0 Å². The molecule has 2 heterocycles. The standard InChI is InChI=1S/C23H29N5O4/c1-3-27(4-2)10-11-28-18-7-6-17(25-20(31)14-24-9-12-29)23-21(18)22(26-28)16-13-15(30)5-8-19(16)32-23/h5-8,13,24,29-30H,3-4,9-12,14H2,1-2H3,(H,25,31). The van der Waals surface area contributed by atoms with E-state index in [0.29, 0.717) is 30.3 Å². The highest BCUT2D eigenvalue weighted by atomic mass is 16.5. The Kier molecular flexibility index (Phi) is 6.59. The Labute approximate surface area is 186 Å². The van der Waals surface area contributed by atoms with E-state index in [2.05, 4.69) is 29.4 Å². The van der Waals surface area contributed by atoms with Crippen LogP contribution < -0.4 is 15.4 Å². The summed E-state index contributed by atoms with van der Waals surface area (Å²) in [7, 11) is 0. The van der Waals surface area contributed by atoms with Gasteiger partial charge in [0.05, 0.1) is 36.3 Å². The molecule has 3 aromatic rings. The Hall–Kier alpha value is -3.14. The number of aromatic hydroxyl groups is 1. The van der Waals surface area contributed by atoms with Gasteiger partial charge in [-0.3, -0.25) is 9.48 Å². The molecule has 1 aromatic heterocycles. The minimum atomic E-state index is -0.232. The predicted molar refractivity (Wildman–Crippen MR) is 123 cm³/mol. The number of benzene rings is 2. The summed E-state index contributed by atoms with van der Waals surface area (Å²) in [6, 6.07) is 8.69. The molecule has 0 spiro atoms. The van der Waals surface area contributed by atoms with E-state index in [9.17, 15) is 9.90 Å². The van der Waals surface area contributed by atoms with Gasteiger partial charge in [0, 0.05) is 18.7 Å². The van der Waals surface area contributed by atoms with Crippen LogP contribution in [0.2, 0.25) is 0 Å². The van der Waals surface area contributed by atoms with Gasteiger partial charge in [0.2, 0.25) is 5.91 Å². The lowest BCUT2D eigenvalue weighted by atomic mass is 10.0. The molecule has 0 unspecified atom stereocenters. The summed E-state index contributed by atoms with van der Waals surface area (Å²) in [6.07, 6.45) is 0. The molecule has 1 amide bonds. The summed E-state index contributed by atoms with van der Waals surface area (Å²) in [5.74, 6) is 1.02. The van der Waals surface area contributed by atoms with Crippen LogP contribution in [0.1, 0.15) is 13.8 Å². The summed E-state index contributed by atoms with van der Waals surface area (Å²) in [5, 5.41) is 30.4. The predicted octanol–water partition coefficient (Wildman–Crippen LogP) is 2.38. The number of phenolic OH excluding ortho intramolecular Hbond substituents is 1. The van der Waals surface area contributed by atoms with Gasteiger partial charge in [0.1, 0.15) is 17.2 Å². The zero-order valence-electron chi connectivity index (χ0n) is 18.4. The van der Waals surface area contributed by atoms with E-state index in [1.807, 2.05) is 16.8 Å². The lowest BCUT2D eigenvalue weighted by Gasteiger charge is -2.20. The number of phenols is 1. The maximum atomic E-state index is 12.4. The van der Waals surface area contributed by atoms with Crippen LogP contribution in [0.5, 0.6) is 17.2 Å². The molecule has 0 saturated heterocycles. The molecule has 0 radical (unpaired) electrons. The minimum Gasteiger partial charge on any atom is -0.508 e. The third-order valence-corrected chi connectivity index (χ3v) is 5.67. The Morgan fingerprint density at radius 3 is 2.78 bits per heavy atom. The third kappa shape index (κ3) is 4.27. The molecule has 1 aliphatic rings. The lowest BCUT2D eigenvalue weighted by Crippen LogP contribution is -2.30. The van der Waals surface area contributed by atoms with Crippen LogP contribution in [-0.4, -0.2) is 70.1 Å². The van der Waals surface area contributed by atoms with Gasteiger partial charge >= 0.3 is 0 Å². The molecule has 4 N–H and O–H groups in total. The Morgan fingerprint density at radius 1 is 1.22 bits per heavy atom. The number of rotatable bonds is 10. The largest absolute Gasteiger partial charge is 0.508 e. The molecule has 9 nitrogen and oxygen atoms in total. The first-order chi connectivity index (χ1) is 15.5. The molecule has 0 atom stereocenters. The number of anilines is 1. The molecule has 1 aliphatic heterocycles. The number of nitrogens with zero attached hydrogens (tertiary/aromatic N) is 3. The van der Waals surface area contributed by atoms with Gasteiger partial charge in [-0.15, -0.1) is 0 Å². The molecule has 32 heavy (non-hydrogen) atoms. The SMILES string of the molecule is CCN(CC)CCn1nc2c3c(c(NC(=O)CNCCO)ccc31)Oc1ccc(O)cc1-2. The number of amides is 1. The number of hydrogen-bond acceptors (Lipinski definition) is 7. The lowest BCUT2D eigenvalue weighted by molar-refractivity contribution is -0.115. The zero-order valence-corrected chi connectivity index (χ0v) is 18.4. The first-order valence-corrected chi connectivity index (χ1v) is 10.9. The van der Waals surface area contributed by atoms with E-state index in [1.165, 1.54) is 0 Å². The number of carbonyl (C=O) groups is 1. The highest BCUT2D eigenvalue weighted by Crippen LogP contribution is 2.50. The number of fused-ring (bicyclic) bond motifs is 2. The molecule has 0 saturated carbocycles. The number of ether oxygens (including phenoxy) is 1.